The van der Waals surface area contributed by atoms with Gasteiger partial charge in [-0.1, -0.05) is 11.6 Å². The molecule has 1 fully saturated rings. The molecule has 9 heteroatoms. The third-order valence-corrected chi connectivity index (χ3v) is 6.21. The van der Waals surface area contributed by atoms with Crippen molar-refractivity contribution in [2.24, 2.45) is 0 Å². The number of amides is 2. The van der Waals surface area contributed by atoms with E-state index in [-0.39, 0.29) is 10.8 Å². The van der Waals surface area contributed by atoms with E-state index in [1.54, 1.807) is 23.1 Å². The summed E-state index contributed by atoms with van der Waals surface area (Å²) in [4.78, 5) is 25.8. The third kappa shape index (κ3) is 4.45. The highest BCUT2D eigenvalue weighted by atomic mass is 35.5. The summed E-state index contributed by atoms with van der Waals surface area (Å²) in [6.45, 7) is 0.611. The molecule has 0 aliphatic carbocycles. The van der Waals surface area contributed by atoms with Gasteiger partial charge in [-0.3, -0.25) is 9.59 Å². The van der Waals surface area contributed by atoms with Crippen LogP contribution in [0.25, 0.3) is 0 Å². The average molecular weight is 423 g/mol. The number of halogens is 1. The number of ether oxygens (including phenoxy) is 1. The number of nitrogens with zero attached hydrogens (tertiary/aromatic N) is 1. The summed E-state index contributed by atoms with van der Waals surface area (Å²) in [7, 11) is -2.33. The van der Waals surface area contributed by atoms with E-state index < -0.39 is 21.5 Å². The molecule has 1 aliphatic heterocycles. The maximum atomic E-state index is 12.4. The van der Waals surface area contributed by atoms with Crippen LogP contribution in [-0.4, -0.2) is 39.6 Å². The van der Waals surface area contributed by atoms with Crippen molar-refractivity contribution in [3.8, 4) is 5.75 Å². The molecule has 2 aromatic carbocycles. The number of carbonyl (C=O) groups is 2. The van der Waals surface area contributed by atoms with Gasteiger partial charge in [0.15, 0.2) is 9.84 Å². The Morgan fingerprint density at radius 2 is 1.93 bits per heavy atom. The Kier molecular flexibility index (Phi) is 5.90. The fraction of sp³-hybridized carbons (Fsp3) is 0.263. The maximum absolute atomic E-state index is 12.4. The van der Waals surface area contributed by atoms with E-state index in [1.165, 1.54) is 31.4 Å². The van der Waals surface area contributed by atoms with Gasteiger partial charge in [-0.15, -0.1) is 0 Å². The molecule has 2 amide bonds. The second-order valence-corrected chi connectivity index (χ2v) is 8.72. The summed E-state index contributed by atoms with van der Waals surface area (Å²) < 4.78 is 30.1. The van der Waals surface area contributed by atoms with Gasteiger partial charge in [-0.05, 0) is 42.8 Å². The molecule has 7 nitrogen and oxygen atoms in total. The molecule has 1 aliphatic rings. The standard InChI is InChI=1S/C19H19ClN2O5S/c1-27-17-11-14(6-9-16(17)22-10-2-3-19(22)24)21-18(23)12-28(25,26)15-7-4-13(20)5-8-15/h4-9,11H,2-3,10,12H2,1H3,(H,21,23). The summed E-state index contributed by atoms with van der Waals surface area (Å²) in [5.41, 5.74) is 1.00. The molecule has 0 spiro atoms. The lowest BCUT2D eigenvalue weighted by molar-refractivity contribution is -0.117. The number of rotatable bonds is 6. The molecular formula is C19H19ClN2O5S. The normalized spacial score (nSPS) is 14.2. The highest BCUT2D eigenvalue weighted by Gasteiger charge is 2.25. The quantitative estimate of drug-likeness (QED) is 0.772. The molecule has 0 bridgehead atoms. The molecule has 0 radical (unpaired) electrons. The number of benzene rings is 2. The molecule has 1 saturated heterocycles. The van der Waals surface area contributed by atoms with Crippen LogP contribution in [0.5, 0.6) is 5.75 Å². The fourth-order valence-corrected chi connectivity index (χ4v) is 4.24. The van der Waals surface area contributed by atoms with Crippen LogP contribution in [-0.2, 0) is 19.4 Å². The number of sulfone groups is 1. The van der Waals surface area contributed by atoms with Crippen molar-refractivity contribution in [3.05, 3.63) is 47.5 Å². The SMILES string of the molecule is COc1cc(NC(=O)CS(=O)(=O)c2ccc(Cl)cc2)ccc1N1CCCC1=O. The first-order chi connectivity index (χ1) is 13.3. The van der Waals surface area contributed by atoms with Crippen LogP contribution in [0.4, 0.5) is 11.4 Å². The van der Waals surface area contributed by atoms with Crippen molar-refractivity contribution >= 4 is 44.6 Å². The molecule has 2 aromatic rings. The molecule has 0 saturated carbocycles. The van der Waals surface area contributed by atoms with Gasteiger partial charge in [0.2, 0.25) is 11.8 Å². The predicted molar refractivity (Wildman–Crippen MR) is 107 cm³/mol. The maximum Gasteiger partial charge on any atom is 0.239 e. The molecule has 1 heterocycles. The zero-order valence-corrected chi connectivity index (χ0v) is 16.7. The third-order valence-electron chi connectivity index (χ3n) is 4.32. The largest absolute Gasteiger partial charge is 0.494 e. The lowest BCUT2D eigenvalue weighted by Gasteiger charge is -2.19. The number of nitrogens with one attached hydrogen (secondary N) is 1. The average Bonchev–Trinajstić information content (AvgIpc) is 3.07. The lowest BCUT2D eigenvalue weighted by atomic mass is 10.2. The number of hydrogen-bond donors (Lipinski definition) is 1. The van der Waals surface area contributed by atoms with Crippen LogP contribution in [0.2, 0.25) is 5.02 Å². The summed E-state index contributed by atoms with van der Waals surface area (Å²) >= 11 is 5.76. The molecule has 28 heavy (non-hydrogen) atoms. The van der Waals surface area contributed by atoms with Crippen LogP contribution in [0.3, 0.4) is 0 Å². The van der Waals surface area contributed by atoms with E-state index in [1.807, 2.05) is 0 Å². The first-order valence-electron chi connectivity index (χ1n) is 8.57. The predicted octanol–water partition coefficient (Wildman–Crippen LogP) is 2.89. The number of anilines is 2. The summed E-state index contributed by atoms with van der Waals surface area (Å²) in [6.07, 6.45) is 1.27. The van der Waals surface area contributed by atoms with Gasteiger partial charge < -0.3 is 15.0 Å². The minimum absolute atomic E-state index is 0.0177. The topological polar surface area (TPSA) is 92.8 Å². The van der Waals surface area contributed by atoms with E-state index in [4.69, 9.17) is 16.3 Å². The van der Waals surface area contributed by atoms with E-state index in [9.17, 15) is 18.0 Å². The number of methoxy groups -OCH3 is 1. The minimum atomic E-state index is -3.80. The van der Waals surface area contributed by atoms with Crippen LogP contribution in [0, 0.1) is 0 Å². The zero-order valence-electron chi connectivity index (χ0n) is 15.1. The van der Waals surface area contributed by atoms with Crippen molar-refractivity contribution in [2.45, 2.75) is 17.7 Å². The Bertz CT molecular complexity index is 1010. The number of hydrogen-bond acceptors (Lipinski definition) is 5. The summed E-state index contributed by atoms with van der Waals surface area (Å²) in [5, 5.41) is 2.96. The van der Waals surface area contributed by atoms with Crippen molar-refractivity contribution in [1.82, 2.24) is 0 Å². The first-order valence-corrected chi connectivity index (χ1v) is 10.6. The molecule has 0 aromatic heterocycles. The Morgan fingerprint density at radius 3 is 2.54 bits per heavy atom. The summed E-state index contributed by atoms with van der Waals surface area (Å²) in [5.74, 6) is -0.941. The lowest BCUT2D eigenvalue weighted by Crippen LogP contribution is -2.25. The summed E-state index contributed by atoms with van der Waals surface area (Å²) in [6, 6.07) is 10.5. The second-order valence-electron chi connectivity index (χ2n) is 6.30. The van der Waals surface area contributed by atoms with Gasteiger partial charge in [-0.25, -0.2) is 8.42 Å². The van der Waals surface area contributed by atoms with Crippen LogP contribution in [0.1, 0.15) is 12.8 Å². The zero-order chi connectivity index (χ0) is 20.3. The van der Waals surface area contributed by atoms with Crippen LogP contribution >= 0.6 is 11.6 Å². The van der Waals surface area contributed by atoms with Crippen molar-refractivity contribution < 1.29 is 22.7 Å². The molecule has 3 rings (SSSR count). The van der Waals surface area contributed by atoms with E-state index in [0.717, 1.165) is 6.42 Å². The van der Waals surface area contributed by atoms with E-state index in [0.29, 0.717) is 35.1 Å². The first kappa shape index (κ1) is 20.2. The molecule has 0 atom stereocenters. The second kappa shape index (κ2) is 8.20. The van der Waals surface area contributed by atoms with Gasteiger partial charge in [0.1, 0.15) is 11.5 Å². The van der Waals surface area contributed by atoms with Crippen LogP contribution < -0.4 is 15.0 Å². The Hall–Kier alpha value is -2.58. The van der Waals surface area contributed by atoms with Crippen molar-refractivity contribution in [3.63, 3.8) is 0 Å². The highest BCUT2D eigenvalue weighted by molar-refractivity contribution is 7.92. The van der Waals surface area contributed by atoms with E-state index >= 15 is 0 Å². The monoisotopic (exact) mass is 422 g/mol. The Labute approximate surface area is 168 Å². The molecule has 0 unspecified atom stereocenters. The van der Waals surface area contributed by atoms with Crippen LogP contribution in [0.15, 0.2) is 47.4 Å². The van der Waals surface area contributed by atoms with Gasteiger partial charge in [0.25, 0.3) is 0 Å². The van der Waals surface area contributed by atoms with Gasteiger partial charge in [0.05, 0.1) is 17.7 Å². The molecule has 148 valence electrons. The van der Waals surface area contributed by atoms with E-state index in [2.05, 4.69) is 5.32 Å². The fourth-order valence-electron chi connectivity index (χ4n) is 2.98. The van der Waals surface area contributed by atoms with Gasteiger partial charge in [0, 0.05) is 29.7 Å². The number of carbonyl (C=O) groups excluding carboxylic acids is 2. The molecule has 1 N–H and O–H groups in total. The Morgan fingerprint density at radius 1 is 1.21 bits per heavy atom. The van der Waals surface area contributed by atoms with Crippen molar-refractivity contribution in [1.29, 1.82) is 0 Å². The van der Waals surface area contributed by atoms with Gasteiger partial charge in [-0.2, -0.15) is 0 Å². The van der Waals surface area contributed by atoms with Gasteiger partial charge >= 0.3 is 0 Å². The molecular weight excluding hydrogens is 404 g/mol. The Balaban J connectivity index is 1.73. The smallest absolute Gasteiger partial charge is 0.239 e. The van der Waals surface area contributed by atoms with Crippen molar-refractivity contribution in [2.75, 3.05) is 29.6 Å². The highest BCUT2D eigenvalue weighted by Crippen LogP contribution is 2.33. The minimum Gasteiger partial charge on any atom is -0.494 e.